The van der Waals surface area contributed by atoms with Crippen LogP contribution < -0.4 is 10.3 Å². The first-order chi connectivity index (χ1) is 14.6. The predicted molar refractivity (Wildman–Crippen MR) is 112 cm³/mol. The first kappa shape index (κ1) is 18.9. The summed E-state index contributed by atoms with van der Waals surface area (Å²) in [5.74, 6) is 1.71. The molecule has 1 aromatic heterocycles. The molecule has 7 nitrogen and oxygen atoms in total. The van der Waals surface area contributed by atoms with Crippen LogP contribution in [0.25, 0.3) is 5.76 Å². The molecule has 2 aromatic rings. The number of nitrogens with zero attached hydrogens (tertiary/aromatic N) is 3. The molecule has 1 N–H and O–H groups in total. The number of fused-ring (bicyclic) bond motifs is 2. The summed E-state index contributed by atoms with van der Waals surface area (Å²) in [6.07, 6.45) is 4.91. The Labute approximate surface area is 176 Å². The van der Waals surface area contributed by atoms with E-state index >= 15 is 0 Å². The molecular formula is C23H26N4O3. The highest BCUT2D eigenvalue weighted by molar-refractivity contribution is 5.99. The lowest BCUT2D eigenvalue weighted by Crippen LogP contribution is -2.37. The van der Waals surface area contributed by atoms with Gasteiger partial charge in [-0.1, -0.05) is 29.9 Å². The van der Waals surface area contributed by atoms with Crippen LogP contribution in [0, 0.1) is 12.8 Å². The first-order valence-corrected chi connectivity index (χ1v) is 10.5. The number of hydrogen-bond donors (Lipinski definition) is 1. The predicted octanol–water partition coefficient (Wildman–Crippen LogP) is 3.14. The van der Waals surface area contributed by atoms with Crippen molar-refractivity contribution in [3.8, 4) is 5.88 Å². The molecule has 3 unspecified atom stereocenters. The lowest BCUT2D eigenvalue weighted by atomic mass is 9.90. The molecule has 1 aromatic carbocycles. The highest BCUT2D eigenvalue weighted by Gasteiger charge is 2.49. The fraction of sp³-hybridized carbons (Fsp3) is 0.391. The SMILES string of the molecule is Cc1cccc(OCC2CC3CCC2N3C(=O)c2ccccc2C2=CN(C)NO2)n1. The van der Waals surface area contributed by atoms with Gasteiger partial charge in [-0.15, -0.1) is 0 Å². The van der Waals surface area contributed by atoms with Gasteiger partial charge in [-0.05, 0) is 38.3 Å². The normalized spacial score (nSPS) is 24.7. The zero-order valence-corrected chi connectivity index (χ0v) is 17.2. The first-order valence-electron chi connectivity index (χ1n) is 10.5. The lowest BCUT2D eigenvalue weighted by molar-refractivity contribution is 0.0639. The van der Waals surface area contributed by atoms with Crippen molar-refractivity contribution < 1.29 is 14.4 Å². The van der Waals surface area contributed by atoms with Crippen LogP contribution in [0.5, 0.6) is 5.88 Å². The van der Waals surface area contributed by atoms with Crippen LogP contribution >= 0.6 is 0 Å². The average molecular weight is 406 g/mol. The Balaban J connectivity index is 1.33. The van der Waals surface area contributed by atoms with Crippen LogP contribution in [0.3, 0.4) is 0 Å². The Morgan fingerprint density at radius 3 is 2.90 bits per heavy atom. The molecule has 0 aliphatic carbocycles. The van der Waals surface area contributed by atoms with Crippen molar-refractivity contribution in [3.05, 3.63) is 65.5 Å². The van der Waals surface area contributed by atoms with Crippen molar-refractivity contribution in [1.82, 2.24) is 20.5 Å². The van der Waals surface area contributed by atoms with Gasteiger partial charge in [0.1, 0.15) is 0 Å². The van der Waals surface area contributed by atoms with Crippen molar-refractivity contribution in [3.63, 3.8) is 0 Å². The third-order valence-electron chi connectivity index (χ3n) is 6.24. The van der Waals surface area contributed by atoms with Gasteiger partial charge in [0.25, 0.3) is 5.91 Å². The molecule has 0 spiro atoms. The zero-order chi connectivity index (χ0) is 20.7. The largest absolute Gasteiger partial charge is 0.477 e. The van der Waals surface area contributed by atoms with Gasteiger partial charge in [0.05, 0.1) is 18.4 Å². The number of ether oxygens (including phenoxy) is 1. The van der Waals surface area contributed by atoms with E-state index in [2.05, 4.69) is 15.5 Å². The number of pyridine rings is 1. The van der Waals surface area contributed by atoms with E-state index in [0.29, 0.717) is 29.7 Å². The van der Waals surface area contributed by atoms with Gasteiger partial charge >= 0.3 is 0 Å². The van der Waals surface area contributed by atoms with E-state index in [4.69, 9.17) is 9.57 Å². The van der Waals surface area contributed by atoms with Crippen LogP contribution in [-0.4, -0.2) is 46.5 Å². The summed E-state index contributed by atoms with van der Waals surface area (Å²) in [6.45, 7) is 2.55. The molecule has 30 heavy (non-hydrogen) atoms. The second kappa shape index (κ2) is 7.65. The minimum atomic E-state index is 0.0772. The fourth-order valence-electron chi connectivity index (χ4n) is 4.90. The van der Waals surface area contributed by atoms with E-state index in [-0.39, 0.29) is 18.0 Å². The van der Waals surface area contributed by atoms with Crippen LogP contribution in [0.1, 0.15) is 40.9 Å². The summed E-state index contributed by atoms with van der Waals surface area (Å²) in [5, 5.41) is 1.73. The Morgan fingerprint density at radius 1 is 1.23 bits per heavy atom. The molecule has 3 aliphatic rings. The zero-order valence-electron chi connectivity index (χ0n) is 17.2. The van der Waals surface area contributed by atoms with E-state index in [1.165, 1.54) is 0 Å². The maximum atomic E-state index is 13.6. The standard InChI is InChI=1S/C23H26N4O3/c1-15-6-5-9-22(24-15)29-14-16-12-17-10-11-20(16)27(17)23(28)19-8-4-3-7-18(19)21-13-26(2)25-30-21/h3-9,13,16-17,20,25H,10-12,14H2,1-2H3. The number of hydrogen-bond acceptors (Lipinski definition) is 6. The number of carbonyl (C=O) groups excluding carboxylic acids is 1. The summed E-state index contributed by atoms with van der Waals surface area (Å²) < 4.78 is 5.98. The van der Waals surface area contributed by atoms with Crippen LogP contribution in [-0.2, 0) is 4.84 Å². The summed E-state index contributed by atoms with van der Waals surface area (Å²) in [7, 11) is 1.85. The second-order valence-electron chi connectivity index (χ2n) is 8.28. The maximum Gasteiger partial charge on any atom is 0.255 e. The Hall–Kier alpha value is -3.06. The number of rotatable bonds is 5. The molecule has 0 saturated carbocycles. The minimum absolute atomic E-state index is 0.0772. The van der Waals surface area contributed by atoms with E-state index in [9.17, 15) is 4.79 Å². The van der Waals surface area contributed by atoms with E-state index in [0.717, 1.165) is 30.5 Å². The molecule has 3 atom stereocenters. The molecular weight excluding hydrogens is 380 g/mol. The highest BCUT2D eigenvalue weighted by Crippen LogP contribution is 2.43. The summed E-state index contributed by atoms with van der Waals surface area (Å²) in [6, 6.07) is 13.9. The Morgan fingerprint density at radius 2 is 2.10 bits per heavy atom. The van der Waals surface area contributed by atoms with Gasteiger partial charge in [0, 0.05) is 42.4 Å². The van der Waals surface area contributed by atoms with Gasteiger partial charge in [-0.3, -0.25) is 9.80 Å². The summed E-state index contributed by atoms with van der Waals surface area (Å²) in [5.41, 5.74) is 5.20. The summed E-state index contributed by atoms with van der Waals surface area (Å²) in [4.78, 5) is 25.6. The fourth-order valence-corrected chi connectivity index (χ4v) is 4.90. The van der Waals surface area contributed by atoms with Gasteiger partial charge in [0.2, 0.25) is 5.88 Å². The molecule has 0 radical (unpaired) electrons. The topological polar surface area (TPSA) is 66.9 Å². The molecule has 4 heterocycles. The third kappa shape index (κ3) is 3.39. The Kier molecular flexibility index (Phi) is 4.83. The Bertz CT molecular complexity index is 992. The van der Waals surface area contributed by atoms with Crippen LogP contribution in [0.15, 0.2) is 48.7 Å². The average Bonchev–Trinajstić information content (AvgIpc) is 3.46. The monoisotopic (exact) mass is 406 g/mol. The smallest absolute Gasteiger partial charge is 0.255 e. The number of amides is 1. The van der Waals surface area contributed by atoms with Crippen molar-refractivity contribution in [2.45, 2.75) is 38.3 Å². The van der Waals surface area contributed by atoms with Crippen LogP contribution in [0.4, 0.5) is 0 Å². The maximum absolute atomic E-state index is 13.6. The van der Waals surface area contributed by atoms with Gasteiger partial charge < -0.3 is 14.5 Å². The van der Waals surface area contributed by atoms with E-state index in [1.807, 2.05) is 62.6 Å². The van der Waals surface area contributed by atoms with Crippen molar-refractivity contribution in [1.29, 1.82) is 0 Å². The van der Waals surface area contributed by atoms with E-state index < -0.39 is 0 Å². The highest BCUT2D eigenvalue weighted by atomic mass is 16.7. The molecule has 5 rings (SSSR count). The summed E-state index contributed by atoms with van der Waals surface area (Å²) >= 11 is 0. The van der Waals surface area contributed by atoms with Crippen molar-refractivity contribution in [2.24, 2.45) is 5.92 Å². The minimum Gasteiger partial charge on any atom is -0.477 e. The van der Waals surface area contributed by atoms with Crippen LogP contribution in [0.2, 0.25) is 0 Å². The molecule has 3 aliphatic heterocycles. The third-order valence-corrected chi connectivity index (χ3v) is 6.24. The molecule has 2 saturated heterocycles. The number of aromatic nitrogens is 1. The van der Waals surface area contributed by atoms with Crippen molar-refractivity contribution in [2.75, 3.05) is 13.7 Å². The number of hydrazine groups is 1. The molecule has 7 heteroatoms. The molecule has 1 amide bonds. The van der Waals surface area contributed by atoms with Crippen molar-refractivity contribution >= 4 is 11.7 Å². The number of benzene rings is 1. The second-order valence-corrected chi connectivity index (χ2v) is 8.28. The van der Waals surface area contributed by atoms with Gasteiger partial charge in [-0.2, -0.15) is 0 Å². The quantitative estimate of drug-likeness (QED) is 0.823. The molecule has 156 valence electrons. The van der Waals surface area contributed by atoms with Gasteiger partial charge in [-0.25, -0.2) is 4.98 Å². The lowest BCUT2D eigenvalue weighted by Gasteiger charge is -2.25. The number of aryl methyl sites for hydroxylation is 1. The molecule has 2 bridgehead atoms. The number of nitrogens with one attached hydrogen (secondary N) is 1. The van der Waals surface area contributed by atoms with Gasteiger partial charge in [0.15, 0.2) is 5.76 Å². The van der Waals surface area contributed by atoms with E-state index in [1.54, 1.807) is 5.01 Å². The number of carbonyl (C=O) groups is 1. The molecule has 2 fully saturated rings.